The Balaban J connectivity index is 1.46. The van der Waals surface area contributed by atoms with Crippen LogP contribution in [0.25, 0.3) is 22.8 Å². The third-order valence-corrected chi connectivity index (χ3v) is 3.90. The second-order valence-corrected chi connectivity index (χ2v) is 5.75. The molecule has 0 saturated carbocycles. The van der Waals surface area contributed by atoms with Crippen LogP contribution < -0.4 is 5.32 Å². The number of carbonyl (C=O) groups excluding carboxylic acids is 1. The van der Waals surface area contributed by atoms with Crippen LogP contribution in [0.5, 0.6) is 0 Å². The van der Waals surface area contributed by atoms with Gasteiger partial charge in [0.25, 0.3) is 5.91 Å². The molecule has 0 aliphatic carbocycles. The molecule has 130 valence electrons. The molecule has 0 aromatic carbocycles. The largest absolute Gasteiger partial charge is 0.321 e. The fourth-order valence-corrected chi connectivity index (χ4v) is 2.53. The Morgan fingerprint density at radius 2 is 1.22 bits per heavy atom. The zero-order chi connectivity index (χ0) is 18.5. The predicted octanol–water partition coefficient (Wildman–Crippen LogP) is 3.85. The number of hydrogen-bond donors (Lipinski definition) is 1. The number of nitrogens with zero attached hydrogens (tertiary/aromatic N) is 4. The van der Waals surface area contributed by atoms with Crippen LogP contribution in [0.4, 0.5) is 5.69 Å². The first-order valence-electron chi connectivity index (χ1n) is 8.36. The summed E-state index contributed by atoms with van der Waals surface area (Å²) in [6.45, 7) is 0. The van der Waals surface area contributed by atoms with Gasteiger partial charge in [-0.2, -0.15) is 0 Å². The van der Waals surface area contributed by atoms with E-state index in [1.54, 1.807) is 36.8 Å². The van der Waals surface area contributed by atoms with Crippen molar-refractivity contribution in [3.8, 4) is 22.8 Å². The van der Waals surface area contributed by atoms with Crippen LogP contribution in [-0.2, 0) is 0 Å². The van der Waals surface area contributed by atoms with Gasteiger partial charge >= 0.3 is 0 Å². The third-order valence-electron chi connectivity index (χ3n) is 3.90. The Morgan fingerprint density at radius 1 is 0.630 bits per heavy atom. The number of hydrogen-bond acceptors (Lipinski definition) is 5. The van der Waals surface area contributed by atoms with E-state index in [0.29, 0.717) is 16.9 Å². The van der Waals surface area contributed by atoms with Crippen molar-refractivity contribution in [2.75, 3.05) is 5.32 Å². The summed E-state index contributed by atoms with van der Waals surface area (Å²) in [6, 6.07) is 18.4. The number of aromatic nitrogens is 4. The van der Waals surface area contributed by atoms with E-state index in [1.165, 1.54) is 6.20 Å². The molecule has 0 aliphatic heterocycles. The zero-order valence-corrected chi connectivity index (χ0v) is 14.3. The van der Waals surface area contributed by atoms with Crippen LogP contribution in [0.1, 0.15) is 10.4 Å². The number of nitrogens with one attached hydrogen (secondary N) is 1. The monoisotopic (exact) mass is 353 g/mol. The molecule has 6 nitrogen and oxygen atoms in total. The fraction of sp³-hybridized carbons (Fsp3) is 0. The van der Waals surface area contributed by atoms with E-state index in [4.69, 9.17) is 0 Å². The summed E-state index contributed by atoms with van der Waals surface area (Å²) < 4.78 is 0. The van der Waals surface area contributed by atoms with E-state index in [2.05, 4.69) is 25.3 Å². The SMILES string of the molecule is O=C(Nc1ccc(-c2ccccn2)nc1)c1ccc(-c2ccccn2)nc1. The number of rotatable bonds is 4. The molecule has 0 fully saturated rings. The minimum atomic E-state index is -0.248. The second-order valence-electron chi connectivity index (χ2n) is 5.75. The quantitative estimate of drug-likeness (QED) is 0.603. The highest BCUT2D eigenvalue weighted by Gasteiger charge is 2.09. The van der Waals surface area contributed by atoms with Crippen molar-refractivity contribution in [3.63, 3.8) is 0 Å². The number of anilines is 1. The maximum absolute atomic E-state index is 12.4. The van der Waals surface area contributed by atoms with Crippen LogP contribution in [0.2, 0.25) is 0 Å². The number of pyridine rings is 4. The molecule has 0 spiro atoms. The smallest absolute Gasteiger partial charge is 0.257 e. The molecule has 0 unspecified atom stereocenters. The second kappa shape index (κ2) is 7.53. The molecule has 1 amide bonds. The Hall–Kier alpha value is -3.93. The molecule has 1 N–H and O–H groups in total. The molecule has 27 heavy (non-hydrogen) atoms. The molecule has 4 aromatic heterocycles. The molecule has 0 bridgehead atoms. The molecule has 0 radical (unpaired) electrons. The fourth-order valence-electron chi connectivity index (χ4n) is 2.53. The molecule has 4 heterocycles. The van der Waals surface area contributed by atoms with Crippen LogP contribution in [-0.4, -0.2) is 25.8 Å². The average Bonchev–Trinajstić information content (AvgIpc) is 2.76. The maximum Gasteiger partial charge on any atom is 0.257 e. The van der Waals surface area contributed by atoms with Gasteiger partial charge in [-0.25, -0.2) is 0 Å². The summed E-state index contributed by atoms with van der Waals surface area (Å²) in [5, 5.41) is 2.82. The highest BCUT2D eigenvalue weighted by atomic mass is 16.1. The van der Waals surface area contributed by atoms with Crippen molar-refractivity contribution in [2.45, 2.75) is 0 Å². The first kappa shape index (κ1) is 16.5. The molecule has 6 heteroatoms. The Labute approximate surface area is 156 Å². The van der Waals surface area contributed by atoms with Crippen molar-refractivity contribution in [2.24, 2.45) is 0 Å². The lowest BCUT2D eigenvalue weighted by atomic mass is 10.2. The van der Waals surface area contributed by atoms with Gasteiger partial charge in [0, 0.05) is 18.6 Å². The highest BCUT2D eigenvalue weighted by molar-refractivity contribution is 6.04. The summed E-state index contributed by atoms with van der Waals surface area (Å²) in [5.41, 5.74) is 4.07. The van der Waals surface area contributed by atoms with E-state index < -0.39 is 0 Å². The minimum absolute atomic E-state index is 0.248. The highest BCUT2D eigenvalue weighted by Crippen LogP contribution is 2.17. The van der Waals surface area contributed by atoms with Crippen LogP contribution >= 0.6 is 0 Å². The molecule has 4 rings (SSSR count). The van der Waals surface area contributed by atoms with Gasteiger partial charge in [0.1, 0.15) is 0 Å². The van der Waals surface area contributed by atoms with Crippen LogP contribution in [0.3, 0.4) is 0 Å². The lowest BCUT2D eigenvalue weighted by Gasteiger charge is -2.06. The Bertz CT molecular complexity index is 1030. The molecule has 0 atom stereocenters. The van der Waals surface area contributed by atoms with E-state index in [1.807, 2.05) is 42.5 Å². The van der Waals surface area contributed by atoms with Gasteiger partial charge in [0.2, 0.25) is 0 Å². The van der Waals surface area contributed by atoms with E-state index in [9.17, 15) is 4.79 Å². The van der Waals surface area contributed by atoms with Gasteiger partial charge in [-0.05, 0) is 48.5 Å². The topological polar surface area (TPSA) is 80.7 Å². The average molecular weight is 353 g/mol. The van der Waals surface area contributed by atoms with Gasteiger partial charge < -0.3 is 5.32 Å². The lowest BCUT2D eigenvalue weighted by molar-refractivity contribution is 0.102. The summed E-state index contributed by atoms with van der Waals surface area (Å²) >= 11 is 0. The molecule has 0 aliphatic rings. The summed E-state index contributed by atoms with van der Waals surface area (Å²) in [7, 11) is 0. The van der Waals surface area contributed by atoms with Gasteiger partial charge in [-0.3, -0.25) is 24.7 Å². The molecule has 0 saturated heterocycles. The van der Waals surface area contributed by atoms with Crippen LogP contribution in [0.15, 0.2) is 85.5 Å². The van der Waals surface area contributed by atoms with Crippen molar-refractivity contribution in [1.82, 2.24) is 19.9 Å². The van der Waals surface area contributed by atoms with Gasteiger partial charge in [0.05, 0.1) is 40.2 Å². The summed E-state index contributed by atoms with van der Waals surface area (Å²) in [6.07, 6.45) is 6.57. The first-order valence-corrected chi connectivity index (χ1v) is 8.36. The summed E-state index contributed by atoms with van der Waals surface area (Å²) in [5.74, 6) is -0.248. The van der Waals surface area contributed by atoms with Crippen molar-refractivity contribution in [1.29, 1.82) is 0 Å². The molecular weight excluding hydrogens is 338 g/mol. The van der Waals surface area contributed by atoms with Gasteiger partial charge in [-0.15, -0.1) is 0 Å². The standard InChI is InChI=1S/C21H15N5O/c27-21(15-7-9-19(24-13-15)17-5-1-3-11-22-17)26-16-8-10-20(25-14-16)18-6-2-4-12-23-18/h1-14H,(H,26,27). The van der Waals surface area contributed by atoms with E-state index in [0.717, 1.165) is 17.1 Å². The lowest BCUT2D eigenvalue weighted by Crippen LogP contribution is -2.12. The number of carbonyl (C=O) groups is 1. The maximum atomic E-state index is 12.4. The van der Waals surface area contributed by atoms with E-state index in [-0.39, 0.29) is 5.91 Å². The third kappa shape index (κ3) is 3.85. The van der Waals surface area contributed by atoms with Crippen molar-refractivity contribution in [3.05, 3.63) is 91.0 Å². The Kier molecular flexibility index (Phi) is 4.61. The number of amides is 1. The first-order chi connectivity index (χ1) is 13.3. The van der Waals surface area contributed by atoms with E-state index >= 15 is 0 Å². The van der Waals surface area contributed by atoms with Crippen LogP contribution in [0, 0.1) is 0 Å². The molecular formula is C21H15N5O. The molecule has 4 aromatic rings. The van der Waals surface area contributed by atoms with Crippen molar-refractivity contribution < 1.29 is 4.79 Å². The summed E-state index contributed by atoms with van der Waals surface area (Å²) in [4.78, 5) is 29.6. The normalized spacial score (nSPS) is 10.4. The predicted molar refractivity (Wildman–Crippen MR) is 103 cm³/mol. The van der Waals surface area contributed by atoms with Gasteiger partial charge in [0.15, 0.2) is 0 Å². The Morgan fingerprint density at radius 3 is 1.70 bits per heavy atom. The zero-order valence-electron chi connectivity index (χ0n) is 14.3. The minimum Gasteiger partial charge on any atom is -0.321 e. The van der Waals surface area contributed by atoms with Gasteiger partial charge in [-0.1, -0.05) is 12.1 Å². The van der Waals surface area contributed by atoms with Crippen molar-refractivity contribution >= 4 is 11.6 Å².